The SMILES string of the molecule is CCOC(=O)c1c(NC(=O)c2cc(-c3cccc(OC)c3)on2)sc(C(=O)CC)c1C. The zero-order chi connectivity index (χ0) is 22.5. The molecule has 0 spiro atoms. The first-order valence-electron chi connectivity index (χ1n) is 9.65. The number of hydrogen-bond acceptors (Lipinski definition) is 8. The molecule has 2 heterocycles. The number of aromatic nitrogens is 1. The summed E-state index contributed by atoms with van der Waals surface area (Å²) in [6.45, 7) is 5.26. The molecule has 0 aliphatic rings. The molecule has 1 amide bonds. The monoisotopic (exact) mass is 442 g/mol. The van der Waals surface area contributed by atoms with Gasteiger partial charge in [-0.25, -0.2) is 4.79 Å². The number of amides is 1. The zero-order valence-corrected chi connectivity index (χ0v) is 18.4. The van der Waals surface area contributed by atoms with Crippen LogP contribution in [0, 0.1) is 6.92 Å². The van der Waals surface area contributed by atoms with E-state index in [1.165, 1.54) is 6.07 Å². The van der Waals surface area contributed by atoms with Crippen molar-refractivity contribution in [1.29, 1.82) is 0 Å². The van der Waals surface area contributed by atoms with Crippen molar-refractivity contribution in [2.75, 3.05) is 19.0 Å². The lowest BCUT2D eigenvalue weighted by molar-refractivity contribution is 0.0527. The molecule has 0 aliphatic carbocycles. The Labute approximate surface area is 183 Å². The van der Waals surface area contributed by atoms with E-state index < -0.39 is 11.9 Å². The van der Waals surface area contributed by atoms with Crippen LogP contribution in [-0.2, 0) is 4.74 Å². The lowest BCUT2D eigenvalue weighted by Crippen LogP contribution is -2.15. The van der Waals surface area contributed by atoms with Crippen molar-refractivity contribution in [2.24, 2.45) is 0 Å². The highest BCUT2D eigenvalue weighted by Gasteiger charge is 2.27. The summed E-state index contributed by atoms with van der Waals surface area (Å²) < 4.78 is 15.6. The number of thiophene rings is 1. The molecule has 0 saturated carbocycles. The van der Waals surface area contributed by atoms with E-state index in [-0.39, 0.29) is 35.1 Å². The summed E-state index contributed by atoms with van der Waals surface area (Å²) in [6, 6.07) is 8.63. The first kappa shape index (κ1) is 22.2. The Morgan fingerprint density at radius 2 is 1.97 bits per heavy atom. The number of nitrogens with zero attached hydrogens (tertiary/aromatic N) is 1. The Kier molecular flexibility index (Phi) is 6.86. The molecule has 1 aromatic carbocycles. The lowest BCUT2D eigenvalue weighted by Gasteiger charge is -2.05. The highest BCUT2D eigenvalue weighted by Crippen LogP contribution is 2.35. The number of carbonyl (C=O) groups is 3. The highest BCUT2D eigenvalue weighted by molar-refractivity contribution is 7.18. The molecular formula is C22H22N2O6S. The van der Waals surface area contributed by atoms with E-state index in [1.54, 1.807) is 52.1 Å². The summed E-state index contributed by atoms with van der Waals surface area (Å²) in [5.74, 6) is -0.255. The third-order valence-corrected chi connectivity index (χ3v) is 5.77. The van der Waals surface area contributed by atoms with Crippen molar-refractivity contribution in [3.8, 4) is 17.1 Å². The molecule has 0 aliphatic heterocycles. The first-order valence-corrected chi connectivity index (χ1v) is 10.5. The standard InChI is InChI=1S/C22H22N2O6S/c1-5-16(25)19-12(3)18(22(27)29-6-2)21(31-19)23-20(26)15-11-17(30-24-15)13-8-7-9-14(10-13)28-4/h7-11H,5-6H2,1-4H3,(H,23,26). The summed E-state index contributed by atoms with van der Waals surface area (Å²) in [4.78, 5) is 37.9. The summed E-state index contributed by atoms with van der Waals surface area (Å²) in [7, 11) is 1.56. The van der Waals surface area contributed by atoms with Crippen molar-refractivity contribution in [3.63, 3.8) is 0 Å². The second-order valence-corrected chi connectivity index (χ2v) is 7.54. The van der Waals surface area contributed by atoms with Crippen molar-refractivity contribution < 1.29 is 28.4 Å². The molecular weight excluding hydrogens is 420 g/mol. The topological polar surface area (TPSA) is 108 Å². The van der Waals surface area contributed by atoms with Gasteiger partial charge >= 0.3 is 5.97 Å². The minimum absolute atomic E-state index is 0.0297. The van der Waals surface area contributed by atoms with Crippen LogP contribution < -0.4 is 10.1 Å². The quantitative estimate of drug-likeness (QED) is 0.396. The Hall–Kier alpha value is -3.46. The molecule has 1 N–H and O–H groups in total. The van der Waals surface area contributed by atoms with E-state index in [2.05, 4.69) is 10.5 Å². The van der Waals surface area contributed by atoms with Crippen LogP contribution in [0.4, 0.5) is 5.00 Å². The molecule has 3 aromatic rings. The van der Waals surface area contributed by atoms with E-state index in [0.717, 1.165) is 11.3 Å². The van der Waals surface area contributed by atoms with Gasteiger partial charge in [-0.1, -0.05) is 24.2 Å². The second-order valence-electron chi connectivity index (χ2n) is 6.52. The largest absolute Gasteiger partial charge is 0.497 e. The van der Waals surface area contributed by atoms with E-state index >= 15 is 0 Å². The maximum Gasteiger partial charge on any atom is 0.341 e. The molecule has 0 saturated heterocycles. The molecule has 0 fully saturated rings. The number of ether oxygens (including phenoxy) is 2. The van der Waals surface area contributed by atoms with Crippen LogP contribution in [0.2, 0.25) is 0 Å². The minimum atomic E-state index is -0.598. The number of benzene rings is 1. The number of carbonyl (C=O) groups excluding carboxylic acids is 3. The number of methoxy groups -OCH3 is 1. The van der Waals surface area contributed by atoms with Crippen molar-refractivity contribution in [2.45, 2.75) is 27.2 Å². The molecule has 3 rings (SSSR count). The normalized spacial score (nSPS) is 10.6. The van der Waals surface area contributed by atoms with Gasteiger partial charge in [0.05, 0.1) is 24.2 Å². The van der Waals surface area contributed by atoms with Crippen LogP contribution in [0.1, 0.15) is 56.3 Å². The Morgan fingerprint density at radius 1 is 1.19 bits per heavy atom. The summed E-state index contributed by atoms with van der Waals surface area (Å²) >= 11 is 1.05. The van der Waals surface area contributed by atoms with Gasteiger partial charge in [-0.15, -0.1) is 11.3 Å². The van der Waals surface area contributed by atoms with E-state index in [1.807, 2.05) is 0 Å². The van der Waals surface area contributed by atoms with Gasteiger partial charge in [0.15, 0.2) is 17.2 Å². The van der Waals surface area contributed by atoms with Crippen molar-refractivity contribution >= 4 is 34.0 Å². The van der Waals surface area contributed by atoms with Gasteiger partial charge in [0.1, 0.15) is 10.8 Å². The molecule has 8 nitrogen and oxygen atoms in total. The zero-order valence-electron chi connectivity index (χ0n) is 17.6. The molecule has 9 heteroatoms. The predicted molar refractivity (Wildman–Crippen MR) is 116 cm³/mol. The van der Waals surface area contributed by atoms with Crippen LogP contribution in [0.3, 0.4) is 0 Å². The average molecular weight is 442 g/mol. The van der Waals surface area contributed by atoms with Crippen LogP contribution in [0.5, 0.6) is 5.75 Å². The van der Waals surface area contributed by atoms with Gasteiger partial charge < -0.3 is 19.3 Å². The number of rotatable bonds is 8. The number of anilines is 1. The predicted octanol–water partition coefficient (Wildman–Crippen LogP) is 4.74. The van der Waals surface area contributed by atoms with Crippen molar-refractivity contribution in [3.05, 3.63) is 52.0 Å². The number of hydrogen-bond donors (Lipinski definition) is 1. The first-order chi connectivity index (χ1) is 14.9. The van der Waals surface area contributed by atoms with Crippen LogP contribution in [-0.4, -0.2) is 36.5 Å². The van der Waals surface area contributed by atoms with Gasteiger partial charge in [-0.05, 0) is 31.5 Å². The fraction of sp³-hybridized carbons (Fsp3) is 0.273. The number of Topliss-reactive ketones (excluding diaryl/α,β-unsaturated/α-hetero) is 1. The lowest BCUT2D eigenvalue weighted by atomic mass is 10.1. The number of ketones is 1. The smallest absolute Gasteiger partial charge is 0.341 e. The van der Waals surface area contributed by atoms with Crippen LogP contribution in [0.25, 0.3) is 11.3 Å². The summed E-state index contributed by atoms with van der Waals surface area (Å²) in [6.07, 6.45) is 0.282. The Balaban J connectivity index is 1.90. The minimum Gasteiger partial charge on any atom is -0.497 e. The maximum atomic E-state index is 12.8. The van der Waals surface area contributed by atoms with Crippen LogP contribution >= 0.6 is 11.3 Å². The molecule has 0 bridgehead atoms. The summed E-state index contributed by atoms with van der Waals surface area (Å²) in [5, 5.41) is 6.74. The third-order valence-electron chi connectivity index (χ3n) is 4.52. The number of nitrogens with one attached hydrogen (secondary N) is 1. The highest BCUT2D eigenvalue weighted by atomic mass is 32.1. The molecule has 0 radical (unpaired) electrons. The fourth-order valence-electron chi connectivity index (χ4n) is 2.94. The fourth-order valence-corrected chi connectivity index (χ4v) is 4.14. The molecule has 162 valence electrons. The van der Waals surface area contributed by atoms with Crippen molar-refractivity contribution in [1.82, 2.24) is 5.16 Å². The third kappa shape index (κ3) is 4.66. The van der Waals surface area contributed by atoms with Crippen LogP contribution in [0.15, 0.2) is 34.9 Å². The number of esters is 1. The molecule has 2 aromatic heterocycles. The van der Waals surface area contributed by atoms with Gasteiger partial charge in [0.25, 0.3) is 5.91 Å². The second kappa shape index (κ2) is 9.57. The summed E-state index contributed by atoms with van der Waals surface area (Å²) in [5.41, 5.74) is 1.39. The van der Waals surface area contributed by atoms with Gasteiger partial charge in [0, 0.05) is 18.1 Å². The van der Waals surface area contributed by atoms with Gasteiger partial charge in [0.2, 0.25) is 0 Å². The van der Waals surface area contributed by atoms with E-state index in [4.69, 9.17) is 14.0 Å². The Morgan fingerprint density at radius 3 is 2.65 bits per heavy atom. The molecule has 0 atom stereocenters. The molecule has 0 unspecified atom stereocenters. The van der Waals surface area contributed by atoms with Gasteiger partial charge in [-0.3, -0.25) is 9.59 Å². The van der Waals surface area contributed by atoms with Gasteiger partial charge in [-0.2, -0.15) is 0 Å². The van der Waals surface area contributed by atoms with E-state index in [9.17, 15) is 14.4 Å². The Bertz CT molecular complexity index is 1130. The van der Waals surface area contributed by atoms with E-state index in [0.29, 0.717) is 27.5 Å². The average Bonchev–Trinajstić information content (AvgIpc) is 3.38. The molecule has 31 heavy (non-hydrogen) atoms. The maximum absolute atomic E-state index is 12.8.